The molecule has 3 N–H and O–H groups in total. The van der Waals surface area contributed by atoms with Crippen LogP contribution in [0.3, 0.4) is 0 Å². The van der Waals surface area contributed by atoms with E-state index < -0.39 is 0 Å². The van der Waals surface area contributed by atoms with Crippen molar-refractivity contribution in [1.29, 1.82) is 0 Å². The van der Waals surface area contributed by atoms with E-state index in [-0.39, 0.29) is 0 Å². The van der Waals surface area contributed by atoms with Crippen LogP contribution in [0.15, 0.2) is 0 Å². The summed E-state index contributed by atoms with van der Waals surface area (Å²) in [6.45, 7) is 5.42. The molecule has 1 aromatic carbocycles. The second-order valence-corrected chi connectivity index (χ2v) is 5.08. The lowest BCUT2D eigenvalue weighted by atomic mass is 10.1. The second kappa shape index (κ2) is 5.56. The second-order valence-electron chi connectivity index (χ2n) is 4.26. The van der Waals surface area contributed by atoms with Gasteiger partial charge in [0.05, 0.1) is 20.4 Å². The number of anilines is 2. The van der Waals surface area contributed by atoms with Crippen molar-refractivity contribution in [1.82, 2.24) is 0 Å². The molecule has 0 aliphatic rings. The summed E-state index contributed by atoms with van der Waals surface area (Å²) < 4.78 is 1.38. The zero-order valence-corrected chi connectivity index (χ0v) is 10.9. The Bertz CT molecular complexity index is 389. The van der Waals surface area contributed by atoms with Crippen LogP contribution >= 0.6 is 24.4 Å². The molecule has 0 unspecified atom stereocenters. The van der Waals surface area contributed by atoms with Crippen molar-refractivity contribution >= 4 is 35.8 Å². The van der Waals surface area contributed by atoms with E-state index in [0.717, 1.165) is 29.1 Å². The maximum absolute atomic E-state index is 5.71. The fourth-order valence-electron chi connectivity index (χ4n) is 1.48. The maximum Gasteiger partial charge on any atom is 0.0832 e. The zero-order valence-electron chi connectivity index (χ0n) is 9.30. The highest BCUT2D eigenvalue weighted by molar-refractivity contribution is 7.74. The van der Waals surface area contributed by atoms with Crippen LogP contribution in [0, 0.1) is 14.9 Å². The van der Waals surface area contributed by atoms with E-state index >= 15 is 0 Å². The Kier molecular flexibility index (Phi) is 4.67. The molecular weight excluding hydrogens is 224 g/mol. The first kappa shape index (κ1) is 12.6. The van der Waals surface area contributed by atoms with Gasteiger partial charge in [-0.3, -0.25) is 0 Å². The molecule has 0 amide bonds. The van der Waals surface area contributed by atoms with Gasteiger partial charge in [-0.1, -0.05) is 51.1 Å². The van der Waals surface area contributed by atoms with Gasteiger partial charge < -0.3 is 11.1 Å². The smallest absolute Gasteiger partial charge is 0.0832 e. The lowest BCUT2D eigenvalue weighted by Crippen LogP contribution is -2.08. The van der Waals surface area contributed by atoms with Gasteiger partial charge in [-0.15, -0.1) is 0 Å². The third-order valence-electron chi connectivity index (χ3n) is 2.46. The van der Waals surface area contributed by atoms with Crippen LogP contribution in [0.25, 0.3) is 0 Å². The van der Waals surface area contributed by atoms with Gasteiger partial charge >= 0.3 is 0 Å². The first-order chi connectivity index (χ1) is 7.04. The number of nitrogens with one attached hydrogen (secondary N) is 1. The largest absolute Gasteiger partial charge is 0.396 e. The van der Waals surface area contributed by atoms with Crippen LogP contribution in [-0.2, 0) is 0 Å². The molecule has 84 valence electrons. The molecular formula is C11H18N2S2. The third-order valence-corrected chi connectivity index (χ3v) is 3.42. The van der Waals surface area contributed by atoms with E-state index in [4.69, 9.17) is 30.2 Å². The fourth-order valence-corrected chi connectivity index (χ4v) is 1.97. The van der Waals surface area contributed by atoms with Crippen molar-refractivity contribution in [3.05, 3.63) is 9.02 Å². The average molecular weight is 242 g/mol. The minimum atomic E-state index is 0.648. The normalized spacial score (nSPS) is 11.1. The van der Waals surface area contributed by atoms with Gasteiger partial charge in [0.15, 0.2) is 0 Å². The molecule has 1 aromatic rings. The van der Waals surface area contributed by atoms with E-state index in [1.165, 1.54) is 12.8 Å². The van der Waals surface area contributed by atoms with Crippen molar-refractivity contribution < 1.29 is 0 Å². The summed E-state index contributed by atoms with van der Waals surface area (Å²) in [4.78, 5) is 0. The number of rotatable bonds is 6. The minimum absolute atomic E-state index is 0.648. The van der Waals surface area contributed by atoms with Crippen molar-refractivity contribution in [3.8, 4) is 0 Å². The SMILES string of the molecule is CC(C)CCCCNc1c(N)c(=S)c1=S. The minimum Gasteiger partial charge on any atom is -0.396 e. The summed E-state index contributed by atoms with van der Waals surface area (Å²) in [5.74, 6) is 0.784. The number of nitrogens with two attached hydrogens (primary N) is 1. The first-order valence-electron chi connectivity index (χ1n) is 5.36. The van der Waals surface area contributed by atoms with E-state index in [9.17, 15) is 0 Å². The fraction of sp³-hybridized carbons (Fsp3) is 0.636. The molecule has 2 nitrogen and oxygen atoms in total. The molecule has 0 radical (unpaired) electrons. The van der Waals surface area contributed by atoms with E-state index in [1.807, 2.05) is 0 Å². The standard InChI is InChI=1S/C11H18N2S2/c1-7(2)5-3-4-6-13-9-8(12)10(14)11(9)15/h7,13H,3-6,12H2,1-2H3. The van der Waals surface area contributed by atoms with E-state index in [1.54, 1.807) is 0 Å². The number of hydrogen-bond acceptors (Lipinski definition) is 4. The highest BCUT2D eigenvalue weighted by Gasteiger charge is 2.09. The zero-order chi connectivity index (χ0) is 11.4. The van der Waals surface area contributed by atoms with Gasteiger partial charge in [0, 0.05) is 6.54 Å². The highest BCUT2D eigenvalue weighted by atomic mass is 32.1. The molecule has 0 aliphatic heterocycles. The Labute approximate surface area is 102 Å². The van der Waals surface area contributed by atoms with Crippen molar-refractivity contribution in [2.45, 2.75) is 33.1 Å². The van der Waals surface area contributed by atoms with Crippen molar-refractivity contribution in [2.24, 2.45) is 5.92 Å². The van der Waals surface area contributed by atoms with Gasteiger partial charge in [0.25, 0.3) is 0 Å². The Morgan fingerprint density at radius 3 is 2.40 bits per heavy atom. The molecule has 0 aliphatic carbocycles. The lowest BCUT2D eigenvalue weighted by molar-refractivity contribution is 0.545. The van der Waals surface area contributed by atoms with Crippen LogP contribution in [0.2, 0.25) is 0 Å². The quantitative estimate of drug-likeness (QED) is 0.587. The van der Waals surface area contributed by atoms with Crippen LogP contribution in [0.1, 0.15) is 33.1 Å². The number of unbranched alkanes of at least 4 members (excludes halogenated alkanes) is 1. The summed E-state index contributed by atoms with van der Waals surface area (Å²) in [5.41, 5.74) is 7.26. The molecule has 0 fully saturated rings. The Hall–Kier alpha value is -0.480. The third kappa shape index (κ3) is 3.24. The topological polar surface area (TPSA) is 38.0 Å². The van der Waals surface area contributed by atoms with Gasteiger partial charge in [0.1, 0.15) is 0 Å². The molecule has 4 heteroatoms. The molecule has 0 heterocycles. The van der Waals surface area contributed by atoms with E-state index in [2.05, 4.69) is 19.2 Å². The highest BCUT2D eigenvalue weighted by Crippen LogP contribution is 2.28. The average Bonchev–Trinajstić information content (AvgIpc) is 2.21. The van der Waals surface area contributed by atoms with Gasteiger partial charge in [-0.2, -0.15) is 0 Å². The first-order valence-corrected chi connectivity index (χ1v) is 6.18. The van der Waals surface area contributed by atoms with Crippen LogP contribution in [0.5, 0.6) is 0 Å². The van der Waals surface area contributed by atoms with Gasteiger partial charge in [-0.05, 0) is 12.3 Å². The van der Waals surface area contributed by atoms with Crippen molar-refractivity contribution in [2.75, 3.05) is 17.6 Å². The molecule has 0 spiro atoms. The monoisotopic (exact) mass is 242 g/mol. The van der Waals surface area contributed by atoms with Gasteiger partial charge in [0.2, 0.25) is 0 Å². The summed E-state index contributed by atoms with van der Waals surface area (Å²) in [5, 5.41) is 3.25. The number of hydrogen-bond donors (Lipinski definition) is 2. The summed E-state index contributed by atoms with van der Waals surface area (Å²) in [6.07, 6.45) is 3.68. The predicted molar refractivity (Wildman–Crippen MR) is 72.1 cm³/mol. The number of nitrogen functional groups attached to an aromatic ring is 1. The Morgan fingerprint density at radius 1 is 1.20 bits per heavy atom. The van der Waals surface area contributed by atoms with Crippen molar-refractivity contribution in [3.63, 3.8) is 0 Å². The Morgan fingerprint density at radius 2 is 1.87 bits per heavy atom. The lowest BCUT2D eigenvalue weighted by Gasteiger charge is -2.12. The molecule has 0 aromatic heterocycles. The van der Waals surface area contributed by atoms with Crippen LogP contribution in [0.4, 0.5) is 11.4 Å². The predicted octanol–water partition coefficient (Wildman–Crippen LogP) is 3.84. The summed E-state index contributed by atoms with van der Waals surface area (Å²) in [7, 11) is 0. The van der Waals surface area contributed by atoms with Crippen LogP contribution < -0.4 is 11.1 Å². The Balaban J connectivity index is 2.22. The molecule has 1 rings (SSSR count). The molecule has 0 saturated carbocycles. The van der Waals surface area contributed by atoms with Gasteiger partial charge in [-0.25, -0.2) is 0 Å². The molecule has 15 heavy (non-hydrogen) atoms. The van der Waals surface area contributed by atoms with E-state index in [0.29, 0.717) is 10.2 Å². The molecule has 0 saturated heterocycles. The summed E-state index contributed by atoms with van der Waals surface area (Å²) in [6, 6.07) is 0. The molecule has 0 atom stereocenters. The van der Waals surface area contributed by atoms with Crippen LogP contribution in [-0.4, -0.2) is 6.54 Å². The molecule has 0 bridgehead atoms. The maximum atomic E-state index is 5.71. The summed E-state index contributed by atoms with van der Waals surface area (Å²) >= 11 is 10.1.